The van der Waals surface area contributed by atoms with Crippen molar-refractivity contribution in [2.45, 2.75) is 26.7 Å². The molecule has 2 heterocycles. The summed E-state index contributed by atoms with van der Waals surface area (Å²) >= 11 is 3.56. The minimum atomic E-state index is 0.726. The molecule has 116 valence electrons. The van der Waals surface area contributed by atoms with E-state index in [0.29, 0.717) is 0 Å². The summed E-state index contributed by atoms with van der Waals surface area (Å²) in [5, 5.41) is 3.38. The van der Waals surface area contributed by atoms with E-state index in [2.05, 4.69) is 43.0 Å². The Morgan fingerprint density at radius 3 is 2.86 bits per heavy atom. The summed E-state index contributed by atoms with van der Waals surface area (Å²) in [4.78, 5) is 11.5. The van der Waals surface area contributed by atoms with Crippen LogP contribution in [0.15, 0.2) is 34.8 Å². The first kappa shape index (κ1) is 15.3. The highest BCUT2D eigenvalue weighted by atomic mass is 79.9. The van der Waals surface area contributed by atoms with Crippen molar-refractivity contribution in [1.29, 1.82) is 0 Å². The zero-order valence-corrected chi connectivity index (χ0v) is 14.6. The number of hydrogen-bond acceptors (Lipinski definition) is 4. The molecule has 1 unspecified atom stereocenters. The largest absolute Gasteiger partial charge is 0.356 e. The number of nitrogens with zero attached hydrogens (tertiary/aromatic N) is 3. The monoisotopic (exact) mass is 360 g/mol. The van der Waals surface area contributed by atoms with Gasteiger partial charge in [-0.2, -0.15) is 0 Å². The van der Waals surface area contributed by atoms with Crippen LogP contribution in [-0.2, 0) is 0 Å². The predicted molar refractivity (Wildman–Crippen MR) is 94.8 cm³/mol. The first-order chi connectivity index (χ1) is 10.6. The maximum atomic E-state index is 4.62. The summed E-state index contributed by atoms with van der Waals surface area (Å²) in [6.07, 6.45) is 2.54. The summed E-state index contributed by atoms with van der Waals surface area (Å²) < 4.78 is 1.03. The second kappa shape index (κ2) is 6.65. The van der Waals surface area contributed by atoms with Gasteiger partial charge in [-0.3, -0.25) is 0 Å². The van der Waals surface area contributed by atoms with Gasteiger partial charge in [-0.05, 0) is 53.7 Å². The zero-order chi connectivity index (χ0) is 15.5. The number of piperidine rings is 1. The van der Waals surface area contributed by atoms with Crippen molar-refractivity contribution in [1.82, 2.24) is 9.97 Å². The molecular formula is C17H21BrN4. The first-order valence-electron chi connectivity index (χ1n) is 7.74. The average Bonchev–Trinajstić information content (AvgIpc) is 2.49. The van der Waals surface area contributed by atoms with Gasteiger partial charge in [0.2, 0.25) is 0 Å². The minimum Gasteiger partial charge on any atom is -0.356 e. The predicted octanol–water partition coefficient (Wildman–Crippen LogP) is 4.53. The fourth-order valence-corrected chi connectivity index (χ4v) is 3.26. The standard InChI is InChI=1S/C17H21BrN4/c1-12-6-5-9-22(11-12)17-10-16(19-13(2)20-17)21-15-8-4-3-7-14(15)18/h3-4,7-8,10,12H,5-6,9,11H2,1-2H3,(H,19,20,21). The smallest absolute Gasteiger partial charge is 0.136 e. The van der Waals surface area contributed by atoms with Crippen LogP contribution in [0.2, 0.25) is 0 Å². The lowest BCUT2D eigenvalue weighted by atomic mass is 10.0. The van der Waals surface area contributed by atoms with E-state index in [1.807, 2.05) is 37.3 Å². The number of rotatable bonds is 3. The van der Waals surface area contributed by atoms with E-state index in [0.717, 1.165) is 46.6 Å². The number of benzene rings is 1. The Morgan fingerprint density at radius 2 is 2.09 bits per heavy atom. The van der Waals surface area contributed by atoms with Gasteiger partial charge in [0.15, 0.2) is 0 Å². The molecule has 0 bridgehead atoms. The minimum absolute atomic E-state index is 0.726. The summed E-state index contributed by atoms with van der Waals surface area (Å²) in [6.45, 7) is 6.41. The molecule has 0 saturated carbocycles. The Bertz CT molecular complexity index is 659. The maximum absolute atomic E-state index is 4.62. The number of para-hydroxylation sites is 1. The van der Waals surface area contributed by atoms with Gasteiger partial charge in [-0.25, -0.2) is 9.97 Å². The van der Waals surface area contributed by atoms with Crippen LogP contribution < -0.4 is 10.2 Å². The van der Waals surface area contributed by atoms with Crippen LogP contribution in [-0.4, -0.2) is 23.1 Å². The Balaban J connectivity index is 1.85. The van der Waals surface area contributed by atoms with E-state index in [1.165, 1.54) is 12.8 Å². The van der Waals surface area contributed by atoms with Crippen LogP contribution in [0.3, 0.4) is 0 Å². The number of anilines is 3. The Morgan fingerprint density at radius 1 is 1.27 bits per heavy atom. The van der Waals surface area contributed by atoms with Crippen molar-refractivity contribution in [2.24, 2.45) is 5.92 Å². The van der Waals surface area contributed by atoms with Gasteiger partial charge >= 0.3 is 0 Å². The molecule has 1 aromatic carbocycles. The normalized spacial score (nSPS) is 18.3. The third-order valence-corrected chi connectivity index (χ3v) is 4.63. The molecule has 1 atom stereocenters. The van der Waals surface area contributed by atoms with Crippen molar-refractivity contribution < 1.29 is 0 Å². The molecule has 0 spiro atoms. The molecule has 1 aromatic heterocycles. The Labute approximate surface area is 140 Å². The number of aryl methyl sites for hydroxylation is 1. The van der Waals surface area contributed by atoms with E-state index in [-0.39, 0.29) is 0 Å². The summed E-state index contributed by atoms with van der Waals surface area (Å²) in [5.74, 6) is 3.38. The van der Waals surface area contributed by atoms with Gasteiger partial charge in [0.1, 0.15) is 17.5 Å². The lowest BCUT2D eigenvalue weighted by Gasteiger charge is -2.32. The third-order valence-electron chi connectivity index (χ3n) is 3.94. The average molecular weight is 361 g/mol. The highest BCUT2D eigenvalue weighted by Gasteiger charge is 2.18. The van der Waals surface area contributed by atoms with E-state index < -0.39 is 0 Å². The number of hydrogen-bond donors (Lipinski definition) is 1. The van der Waals surface area contributed by atoms with Crippen LogP contribution in [0.25, 0.3) is 0 Å². The SMILES string of the molecule is Cc1nc(Nc2ccccc2Br)cc(N2CCCC(C)C2)n1. The van der Waals surface area contributed by atoms with Gasteiger partial charge in [0.25, 0.3) is 0 Å². The molecule has 4 nitrogen and oxygen atoms in total. The lowest BCUT2D eigenvalue weighted by molar-refractivity contribution is 0.444. The maximum Gasteiger partial charge on any atom is 0.136 e. The lowest BCUT2D eigenvalue weighted by Crippen LogP contribution is -2.35. The fraction of sp³-hybridized carbons (Fsp3) is 0.412. The topological polar surface area (TPSA) is 41.1 Å². The van der Waals surface area contributed by atoms with Crippen LogP contribution in [0.5, 0.6) is 0 Å². The highest BCUT2D eigenvalue weighted by molar-refractivity contribution is 9.10. The highest BCUT2D eigenvalue weighted by Crippen LogP contribution is 2.27. The molecule has 1 aliphatic heterocycles. The van der Waals surface area contributed by atoms with Crippen molar-refractivity contribution >= 4 is 33.3 Å². The van der Waals surface area contributed by atoms with Gasteiger partial charge in [0, 0.05) is 23.6 Å². The van der Waals surface area contributed by atoms with Gasteiger partial charge in [-0.15, -0.1) is 0 Å². The molecule has 0 amide bonds. The molecule has 1 saturated heterocycles. The van der Waals surface area contributed by atoms with E-state index >= 15 is 0 Å². The molecule has 5 heteroatoms. The number of nitrogens with one attached hydrogen (secondary N) is 1. The summed E-state index contributed by atoms with van der Waals surface area (Å²) in [7, 11) is 0. The second-order valence-electron chi connectivity index (χ2n) is 5.96. The Hall–Kier alpha value is -1.62. The van der Waals surface area contributed by atoms with Crippen LogP contribution in [0.4, 0.5) is 17.3 Å². The molecule has 0 radical (unpaired) electrons. The van der Waals surface area contributed by atoms with Crippen molar-refractivity contribution in [2.75, 3.05) is 23.3 Å². The molecule has 1 fully saturated rings. The zero-order valence-electron chi connectivity index (χ0n) is 13.0. The molecular weight excluding hydrogens is 340 g/mol. The second-order valence-corrected chi connectivity index (χ2v) is 6.81. The Kier molecular flexibility index (Phi) is 4.62. The van der Waals surface area contributed by atoms with E-state index in [4.69, 9.17) is 0 Å². The number of halogens is 1. The van der Waals surface area contributed by atoms with E-state index in [9.17, 15) is 0 Å². The van der Waals surface area contributed by atoms with Gasteiger partial charge in [-0.1, -0.05) is 19.1 Å². The van der Waals surface area contributed by atoms with Crippen molar-refractivity contribution in [3.05, 3.63) is 40.6 Å². The molecule has 2 aromatic rings. The van der Waals surface area contributed by atoms with Gasteiger partial charge < -0.3 is 10.2 Å². The van der Waals surface area contributed by atoms with Gasteiger partial charge in [0.05, 0.1) is 5.69 Å². The van der Waals surface area contributed by atoms with Crippen molar-refractivity contribution in [3.8, 4) is 0 Å². The quantitative estimate of drug-likeness (QED) is 0.872. The van der Waals surface area contributed by atoms with Crippen LogP contribution in [0.1, 0.15) is 25.6 Å². The van der Waals surface area contributed by atoms with E-state index in [1.54, 1.807) is 0 Å². The van der Waals surface area contributed by atoms with Crippen molar-refractivity contribution in [3.63, 3.8) is 0 Å². The summed E-state index contributed by atoms with van der Waals surface area (Å²) in [6, 6.07) is 10.1. The first-order valence-corrected chi connectivity index (χ1v) is 8.53. The molecule has 22 heavy (non-hydrogen) atoms. The summed E-state index contributed by atoms with van der Waals surface area (Å²) in [5.41, 5.74) is 1.01. The molecule has 0 aliphatic carbocycles. The number of aromatic nitrogens is 2. The fourth-order valence-electron chi connectivity index (χ4n) is 2.88. The molecule has 1 N–H and O–H groups in total. The molecule has 1 aliphatic rings. The molecule has 3 rings (SSSR count). The van der Waals surface area contributed by atoms with Crippen LogP contribution >= 0.6 is 15.9 Å². The van der Waals surface area contributed by atoms with Crippen LogP contribution in [0, 0.1) is 12.8 Å². The third kappa shape index (κ3) is 3.58.